The summed E-state index contributed by atoms with van der Waals surface area (Å²) in [6.45, 7) is 0.0533. The molecule has 0 aliphatic rings. The fourth-order valence-corrected chi connectivity index (χ4v) is 2.85. The van der Waals surface area contributed by atoms with Crippen molar-refractivity contribution in [2.75, 3.05) is 20.8 Å². The van der Waals surface area contributed by atoms with E-state index in [1.807, 2.05) is 30.3 Å². The molecule has 0 aromatic heterocycles. The van der Waals surface area contributed by atoms with E-state index in [2.05, 4.69) is 0 Å². The second-order valence-corrected chi connectivity index (χ2v) is 5.55. The van der Waals surface area contributed by atoms with Gasteiger partial charge in [-0.15, -0.1) is 0 Å². The Morgan fingerprint density at radius 3 is 2.46 bits per heavy atom. The zero-order valence-corrected chi connectivity index (χ0v) is 14.0. The molecule has 0 aliphatic carbocycles. The number of nitrogens with two attached hydrogens (primary N) is 1. The first-order chi connectivity index (χ1) is 11.6. The summed E-state index contributed by atoms with van der Waals surface area (Å²) in [5.41, 5.74) is 7.86. The van der Waals surface area contributed by atoms with Gasteiger partial charge in [0.25, 0.3) is 0 Å². The van der Waals surface area contributed by atoms with Gasteiger partial charge in [0.2, 0.25) is 5.91 Å². The molecule has 0 fully saturated rings. The van der Waals surface area contributed by atoms with Crippen molar-refractivity contribution in [1.29, 1.82) is 0 Å². The van der Waals surface area contributed by atoms with Gasteiger partial charge < -0.3 is 20.3 Å². The minimum atomic E-state index is -0.444. The van der Waals surface area contributed by atoms with E-state index in [4.69, 9.17) is 15.2 Å². The largest absolute Gasteiger partial charge is 0.493 e. The highest BCUT2D eigenvalue weighted by Crippen LogP contribution is 2.33. The lowest BCUT2D eigenvalue weighted by atomic mass is 9.87. The van der Waals surface area contributed by atoms with Crippen molar-refractivity contribution in [3.05, 3.63) is 59.2 Å². The number of aliphatic hydroxyl groups is 1. The van der Waals surface area contributed by atoms with Crippen LogP contribution in [0.3, 0.4) is 0 Å². The second-order valence-electron chi connectivity index (χ2n) is 5.55. The highest BCUT2D eigenvalue weighted by atomic mass is 16.5. The van der Waals surface area contributed by atoms with Gasteiger partial charge in [-0.25, -0.2) is 0 Å². The summed E-state index contributed by atoms with van der Waals surface area (Å²) in [5.74, 6) is 0.888. The summed E-state index contributed by atoms with van der Waals surface area (Å²) < 4.78 is 10.6. The van der Waals surface area contributed by atoms with Crippen LogP contribution in [0.1, 0.15) is 33.8 Å². The fourth-order valence-electron chi connectivity index (χ4n) is 2.85. The molecule has 3 N–H and O–H groups in total. The summed E-state index contributed by atoms with van der Waals surface area (Å²) in [5, 5.41) is 9.43. The maximum absolute atomic E-state index is 11.6. The average molecular weight is 329 g/mol. The van der Waals surface area contributed by atoms with Gasteiger partial charge in [0.05, 0.1) is 14.2 Å². The number of carbonyl (C=O) groups is 1. The molecule has 5 heteroatoms. The molecule has 2 aromatic rings. The normalized spacial score (nSPS) is 11.8. The van der Waals surface area contributed by atoms with E-state index < -0.39 is 5.91 Å². The van der Waals surface area contributed by atoms with Gasteiger partial charge in [0.1, 0.15) is 0 Å². The molecule has 0 radical (unpaired) electrons. The third-order valence-corrected chi connectivity index (χ3v) is 4.11. The molecular formula is C19H23NO4. The molecule has 1 unspecified atom stereocenters. The highest BCUT2D eigenvalue weighted by Gasteiger charge is 2.17. The Balaban J connectivity index is 2.35. The van der Waals surface area contributed by atoms with Crippen LogP contribution in [0.2, 0.25) is 0 Å². The number of methoxy groups -OCH3 is 2. The number of carbonyl (C=O) groups excluding carboxylic acids is 1. The molecule has 128 valence electrons. The predicted octanol–water partition coefficient (Wildman–Crippen LogP) is 2.51. The predicted molar refractivity (Wildman–Crippen MR) is 92.7 cm³/mol. The third kappa shape index (κ3) is 4.06. The number of hydrogen-bond acceptors (Lipinski definition) is 4. The maximum Gasteiger partial charge on any atom is 0.248 e. The van der Waals surface area contributed by atoms with Crippen molar-refractivity contribution in [2.24, 2.45) is 5.73 Å². The number of aliphatic hydroxyl groups excluding tert-OH is 1. The quantitative estimate of drug-likeness (QED) is 0.779. The molecule has 0 heterocycles. The van der Waals surface area contributed by atoms with Crippen molar-refractivity contribution in [3.8, 4) is 11.5 Å². The molecule has 0 saturated carbocycles. The Hall–Kier alpha value is -2.53. The summed E-state index contributed by atoms with van der Waals surface area (Å²) in [6.07, 6.45) is 1.18. The molecule has 1 amide bonds. The minimum absolute atomic E-state index is 0.0373. The Bertz CT molecular complexity index is 700. The molecular weight excluding hydrogens is 306 g/mol. The van der Waals surface area contributed by atoms with Crippen LogP contribution in [0.5, 0.6) is 11.5 Å². The van der Waals surface area contributed by atoms with E-state index >= 15 is 0 Å². The Morgan fingerprint density at radius 2 is 1.83 bits per heavy atom. The SMILES string of the molecule is COc1ccc(C(CCO)Cc2ccccc2C(N)=O)cc1OC. The Morgan fingerprint density at radius 1 is 1.12 bits per heavy atom. The van der Waals surface area contributed by atoms with Crippen LogP contribution in [0, 0.1) is 0 Å². The van der Waals surface area contributed by atoms with Crippen LogP contribution < -0.4 is 15.2 Å². The van der Waals surface area contributed by atoms with Crippen LogP contribution >= 0.6 is 0 Å². The van der Waals surface area contributed by atoms with Gasteiger partial charge in [-0.05, 0) is 48.1 Å². The molecule has 0 spiro atoms. The molecule has 0 bridgehead atoms. The molecule has 5 nitrogen and oxygen atoms in total. The first-order valence-corrected chi connectivity index (χ1v) is 7.81. The van der Waals surface area contributed by atoms with Crippen LogP contribution in [-0.2, 0) is 6.42 Å². The molecule has 2 rings (SSSR count). The topological polar surface area (TPSA) is 81.8 Å². The number of ether oxygens (including phenoxy) is 2. The van der Waals surface area contributed by atoms with E-state index in [0.717, 1.165) is 11.1 Å². The number of hydrogen-bond donors (Lipinski definition) is 2. The van der Waals surface area contributed by atoms with E-state index in [-0.39, 0.29) is 12.5 Å². The average Bonchev–Trinajstić information content (AvgIpc) is 2.61. The van der Waals surface area contributed by atoms with Gasteiger partial charge in [0, 0.05) is 12.2 Å². The third-order valence-electron chi connectivity index (χ3n) is 4.11. The van der Waals surface area contributed by atoms with Gasteiger partial charge in [0.15, 0.2) is 11.5 Å². The van der Waals surface area contributed by atoms with Gasteiger partial charge in [-0.2, -0.15) is 0 Å². The molecule has 1 atom stereocenters. The monoisotopic (exact) mass is 329 g/mol. The summed E-state index contributed by atoms with van der Waals surface area (Å²) in [6, 6.07) is 13.0. The summed E-state index contributed by atoms with van der Waals surface area (Å²) in [4.78, 5) is 11.6. The second kappa shape index (κ2) is 8.36. The lowest BCUT2D eigenvalue weighted by molar-refractivity contribution is 0.0999. The Kier molecular flexibility index (Phi) is 6.21. The van der Waals surface area contributed by atoms with Crippen LogP contribution in [0.4, 0.5) is 0 Å². The zero-order valence-electron chi connectivity index (χ0n) is 14.0. The van der Waals surface area contributed by atoms with Crippen molar-refractivity contribution in [2.45, 2.75) is 18.8 Å². The summed E-state index contributed by atoms with van der Waals surface area (Å²) in [7, 11) is 3.18. The van der Waals surface area contributed by atoms with Crippen molar-refractivity contribution >= 4 is 5.91 Å². The fraction of sp³-hybridized carbons (Fsp3) is 0.316. The van der Waals surface area contributed by atoms with E-state index in [0.29, 0.717) is 29.9 Å². The standard InChI is InChI=1S/C19H23NO4/c1-23-17-8-7-13(12-18(17)24-2)14(9-10-21)11-15-5-3-4-6-16(15)19(20)22/h3-8,12,14,21H,9-11H2,1-2H3,(H2,20,22). The lowest BCUT2D eigenvalue weighted by Gasteiger charge is -2.19. The van der Waals surface area contributed by atoms with E-state index in [1.165, 1.54) is 0 Å². The number of benzene rings is 2. The van der Waals surface area contributed by atoms with Crippen LogP contribution in [0.25, 0.3) is 0 Å². The molecule has 0 aliphatic heterocycles. The number of rotatable bonds is 8. The van der Waals surface area contributed by atoms with Crippen LogP contribution in [-0.4, -0.2) is 31.8 Å². The molecule has 24 heavy (non-hydrogen) atoms. The minimum Gasteiger partial charge on any atom is -0.493 e. The summed E-state index contributed by atoms with van der Waals surface area (Å²) >= 11 is 0. The van der Waals surface area contributed by atoms with E-state index in [9.17, 15) is 9.90 Å². The van der Waals surface area contributed by atoms with Gasteiger partial charge in [-0.1, -0.05) is 24.3 Å². The first kappa shape index (κ1) is 17.8. The van der Waals surface area contributed by atoms with Crippen molar-refractivity contribution < 1.29 is 19.4 Å². The lowest BCUT2D eigenvalue weighted by Crippen LogP contribution is -2.15. The molecule has 0 saturated heterocycles. The van der Waals surface area contributed by atoms with Gasteiger partial charge >= 0.3 is 0 Å². The maximum atomic E-state index is 11.6. The number of primary amides is 1. The number of amides is 1. The zero-order chi connectivity index (χ0) is 17.5. The smallest absolute Gasteiger partial charge is 0.248 e. The van der Waals surface area contributed by atoms with Gasteiger partial charge in [-0.3, -0.25) is 4.79 Å². The van der Waals surface area contributed by atoms with E-state index in [1.54, 1.807) is 26.4 Å². The highest BCUT2D eigenvalue weighted by molar-refractivity contribution is 5.94. The molecule has 2 aromatic carbocycles. The first-order valence-electron chi connectivity index (χ1n) is 7.81. The van der Waals surface area contributed by atoms with Crippen molar-refractivity contribution in [3.63, 3.8) is 0 Å². The van der Waals surface area contributed by atoms with Crippen molar-refractivity contribution in [1.82, 2.24) is 0 Å². The Labute approximate surface area is 142 Å². The van der Waals surface area contributed by atoms with Crippen LogP contribution in [0.15, 0.2) is 42.5 Å².